The lowest BCUT2D eigenvalue weighted by molar-refractivity contribution is 0.778. The average molecular weight is 317 g/mol. The first kappa shape index (κ1) is 14.4. The Hall–Kier alpha value is -1.58. The predicted molar refractivity (Wildman–Crippen MR) is 94.5 cm³/mol. The summed E-state index contributed by atoms with van der Waals surface area (Å²) in [7, 11) is 0. The standard InChI is InChI=1S/C17H17ClN2S/c1-12-6-4-7-13-8-5-11-20(16(12)13)17(21)19-15-10-3-2-9-14(15)18/h2-4,6-7,9-10H,5,8,11H2,1H3,(H,19,21). The van der Waals surface area contributed by atoms with Crippen LogP contribution in [0.5, 0.6) is 0 Å². The minimum absolute atomic E-state index is 0.682. The maximum Gasteiger partial charge on any atom is 0.178 e. The van der Waals surface area contributed by atoms with E-state index in [-0.39, 0.29) is 0 Å². The van der Waals surface area contributed by atoms with Crippen LogP contribution in [0.3, 0.4) is 0 Å². The minimum Gasteiger partial charge on any atom is -0.331 e. The molecule has 2 aromatic carbocycles. The van der Waals surface area contributed by atoms with Crippen LogP contribution in [0.15, 0.2) is 42.5 Å². The van der Waals surface area contributed by atoms with Crippen LogP contribution in [-0.2, 0) is 6.42 Å². The monoisotopic (exact) mass is 316 g/mol. The van der Waals surface area contributed by atoms with E-state index < -0.39 is 0 Å². The first-order valence-corrected chi connectivity index (χ1v) is 7.87. The highest BCUT2D eigenvalue weighted by atomic mass is 35.5. The maximum absolute atomic E-state index is 6.20. The van der Waals surface area contributed by atoms with E-state index in [1.165, 1.54) is 16.8 Å². The molecule has 0 saturated heterocycles. The second kappa shape index (κ2) is 6.04. The van der Waals surface area contributed by atoms with E-state index >= 15 is 0 Å². The first-order valence-electron chi connectivity index (χ1n) is 7.08. The number of nitrogens with zero attached hydrogens (tertiary/aromatic N) is 1. The molecule has 1 heterocycles. The highest BCUT2D eigenvalue weighted by molar-refractivity contribution is 7.80. The van der Waals surface area contributed by atoms with Crippen molar-refractivity contribution in [2.24, 2.45) is 0 Å². The number of hydrogen-bond acceptors (Lipinski definition) is 1. The van der Waals surface area contributed by atoms with Gasteiger partial charge in [0.1, 0.15) is 0 Å². The summed E-state index contributed by atoms with van der Waals surface area (Å²) in [5.41, 5.74) is 4.72. The largest absolute Gasteiger partial charge is 0.331 e. The molecule has 0 fully saturated rings. The van der Waals surface area contributed by atoms with Gasteiger partial charge in [-0.05, 0) is 55.2 Å². The molecule has 0 aliphatic carbocycles. The van der Waals surface area contributed by atoms with Gasteiger partial charge in [-0.2, -0.15) is 0 Å². The van der Waals surface area contributed by atoms with Gasteiger partial charge in [-0.15, -0.1) is 0 Å². The molecule has 3 rings (SSSR count). The summed E-state index contributed by atoms with van der Waals surface area (Å²) < 4.78 is 0. The van der Waals surface area contributed by atoms with Crippen molar-refractivity contribution >= 4 is 40.3 Å². The molecule has 0 atom stereocenters. The molecule has 0 aromatic heterocycles. The molecule has 1 aliphatic rings. The molecule has 2 aromatic rings. The second-order valence-corrected chi connectivity index (χ2v) is 6.04. The van der Waals surface area contributed by atoms with Crippen LogP contribution in [0.4, 0.5) is 11.4 Å². The van der Waals surface area contributed by atoms with E-state index in [1.54, 1.807) is 0 Å². The summed E-state index contributed by atoms with van der Waals surface area (Å²) in [6, 6.07) is 14.1. The summed E-state index contributed by atoms with van der Waals surface area (Å²) in [6.45, 7) is 3.07. The number of fused-ring (bicyclic) bond motifs is 1. The summed E-state index contributed by atoms with van der Waals surface area (Å²) in [4.78, 5) is 2.19. The van der Waals surface area contributed by atoms with E-state index in [0.717, 1.165) is 25.1 Å². The Morgan fingerprint density at radius 1 is 1.19 bits per heavy atom. The van der Waals surface area contributed by atoms with Crippen LogP contribution < -0.4 is 10.2 Å². The van der Waals surface area contributed by atoms with Crippen molar-refractivity contribution in [1.82, 2.24) is 0 Å². The Kier molecular flexibility index (Phi) is 4.13. The second-order valence-electron chi connectivity index (χ2n) is 5.25. The van der Waals surface area contributed by atoms with Gasteiger partial charge in [0.15, 0.2) is 5.11 Å². The van der Waals surface area contributed by atoms with Gasteiger partial charge in [0.2, 0.25) is 0 Å². The van der Waals surface area contributed by atoms with Crippen LogP contribution in [0.25, 0.3) is 0 Å². The zero-order valence-electron chi connectivity index (χ0n) is 11.9. The van der Waals surface area contributed by atoms with Crippen molar-refractivity contribution in [3.05, 3.63) is 58.6 Å². The molecule has 0 amide bonds. The van der Waals surface area contributed by atoms with Crippen LogP contribution in [0.1, 0.15) is 17.5 Å². The lowest BCUT2D eigenvalue weighted by Crippen LogP contribution is -2.39. The van der Waals surface area contributed by atoms with Crippen LogP contribution in [0.2, 0.25) is 5.02 Å². The van der Waals surface area contributed by atoms with E-state index in [2.05, 4.69) is 35.3 Å². The molecule has 1 N–H and O–H groups in total. The van der Waals surface area contributed by atoms with Crippen LogP contribution >= 0.6 is 23.8 Å². The fourth-order valence-corrected chi connectivity index (χ4v) is 3.27. The van der Waals surface area contributed by atoms with Crippen molar-refractivity contribution in [3.8, 4) is 0 Å². The summed E-state index contributed by atoms with van der Waals surface area (Å²) in [6.07, 6.45) is 2.23. The summed E-state index contributed by atoms with van der Waals surface area (Å²) in [5, 5.41) is 4.66. The Bertz CT molecular complexity index is 684. The predicted octanol–water partition coefficient (Wildman–Crippen LogP) is 4.80. The Morgan fingerprint density at radius 3 is 2.81 bits per heavy atom. The van der Waals surface area contributed by atoms with Crippen LogP contribution in [-0.4, -0.2) is 11.7 Å². The molecule has 0 bridgehead atoms. The zero-order chi connectivity index (χ0) is 14.8. The maximum atomic E-state index is 6.20. The van der Waals surface area contributed by atoms with Gasteiger partial charge in [0, 0.05) is 12.2 Å². The lowest BCUT2D eigenvalue weighted by Gasteiger charge is -2.33. The fourth-order valence-electron chi connectivity index (χ4n) is 2.80. The van der Waals surface area contributed by atoms with Gasteiger partial charge >= 0.3 is 0 Å². The number of nitrogens with one attached hydrogen (secondary N) is 1. The number of anilines is 2. The fraction of sp³-hybridized carbons (Fsp3) is 0.235. The lowest BCUT2D eigenvalue weighted by atomic mass is 9.99. The third-order valence-corrected chi connectivity index (χ3v) is 4.43. The smallest absolute Gasteiger partial charge is 0.178 e. The van der Waals surface area contributed by atoms with E-state index in [1.807, 2.05) is 24.3 Å². The van der Waals surface area contributed by atoms with Gasteiger partial charge in [0.25, 0.3) is 0 Å². The highest BCUT2D eigenvalue weighted by Crippen LogP contribution is 2.31. The van der Waals surface area contributed by atoms with Gasteiger partial charge in [-0.3, -0.25) is 0 Å². The Balaban J connectivity index is 1.89. The van der Waals surface area contributed by atoms with Crippen LogP contribution in [0, 0.1) is 6.92 Å². The average Bonchev–Trinajstić information content (AvgIpc) is 2.49. The Labute approximate surface area is 135 Å². The van der Waals surface area contributed by atoms with Gasteiger partial charge < -0.3 is 10.2 Å². The molecule has 0 saturated carbocycles. The van der Waals surface area contributed by atoms with Gasteiger partial charge in [-0.25, -0.2) is 0 Å². The molecular formula is C17H17ClN2S. The highest BCUT2D eigenvalue weighted by Gasteiger charge is 2.22. The summed E-state index contributed by atoms with van der Waals surface area (Å²) in [5.74, 6) is 0. The number of benzene rings is 2. The normalized spacial score (nSPS) is 13.7. The molecule has 0 spiro atoms. The number of aryl methyl sites for hydroxylation is 2. The quantitative estimate of drug-likeness (QED) is 0.761. The zero-order valence-corrected chi connectivity index (χ0v) is 13.5. The molecule has 4 heteroatoms. The molecule has 21 heavy (non-hydrogen) atoms. The van der Waals surface area contributed by atoms with Gasteiger partial charge in [-0.1, -0.05) is 41.9 Å². The number of para-hydroxylation sites is 2. The molecule has 1 aliphatic heterocycles. The SMILES string of the molecule is Cc1cccc2c1N(C(=S)Nc1ccccc1Cl)CCC2. The summed E-state index contributed by atoms with van der Waals surface area (Å²) >= 11 is 11.8. The Morgan fingerprint density at radius 2 is 2.00 bits per heavy atom. The molecule has 0 radical (unpaired) electrons. The molecular weight excluding hydrogens is 300 g/mol. The number of halogens is 1. The number of thiocarbonyl (C=S) groups is 1. The topological polar surface area (TPSA) is 15.3 Å². The molecule has 108 valence electrons. The number of hydrogen-bond donors (Lipinski definition) is 1. The van der Waals surface area contributed by atoms with Crippen molar-refractivity contribution in [2.75, 3.05) is 16.8 Å². The number of rotatable bonds is 1. The van der Waals surface area contributed by atoms with E-state index in [9.17, 15) is 0 Å². The minimum atomic E-state index is 0.682. The van der Waals surface area contributed by atoms with Crippen molar-refractivity contribution < 1.29 is 0 Å². The third-order valence-electron chi connectivity index (χ3n) is 3.78. The first-order chi connectivity index (χ1) is 10.2. The van der Waals surface area contributed by atoms with Crippen molar-refractivity contribution in [3.63, 3.8) is 0 Å². The molecule has 2 nitrogen and oxygen atoms in total. The van der Waals surface area contributed by atoms with E-state index in [4.69, 9.17) is 23.8 Å². The van der Waals surface area contributed by atoms with Gasteiger partial charge in [0.05, 0.1) is 10.7 Å². The molecule has 0 unspecified atom stereocenters. The third kappa shape index (κ3) is 2.89. The van der Waals surface area contributed by atoms with Crippen molar-refractivity contribution in [2.45, 2.75) is 19.8 Å². The van der Waals surface area contributed by atoms with Crippen molar-refractivity contribution in [1.29, 1.82) is 0 Å². The van der Waals surface area contributed by atoms with E-state index in [0.29, 0.717) is 10.1 Å².